The first-order chi connectivity index (χ1) is 9.17. The fourth-order valence-electron chi connectivity index (χ4n) is 1.97. The normalized spacial score (nSPS) is 14.5. The second-order valence-electron chi connectivity index (χ2n) is 4.65. The van der Waals surface area contributed by atoms with E-state index in [-0.39, 0.29) is 0 Å². The highest BCUT2D eigenvalue weighted by atomic mass is 35.5. The summed E-state index contributed by atoms with van der Waals surface area (Å²) >= 11 is 12.2. The van der Waals surface area contributed by atoms with E-state index in [1.54, 1.807) is 18.2 Å². The number of rotatable bonds is 3. The summed E-state index contributed by atoms with van der Waals surface area (Å²) < 4.78 is 0. The van der Waals surface area contributed by atoms with E-state index in [2.05, 4.69) is 15.3 Å². The molecule has 1 fully saturated rings. The minimum Gasteiger partial charge on any atom is -0.373 e. The van der Waals surface area contributed by atoms with Gasteiger partial charge in [-0.3, -0.25) is 0 Å². The van der Waals surface area contributed by atoms with Gasteiger partial charge in [-0.05, 0) is 31.0 Å². The van der Waals surface area contributed by atoms with E-state index < -0.39 is 0 Å². The molecule has 0 spiro atoms. The summed E-state index contributed by atoms with van der Waals surface area (Å²) in [5, 5.41) is 4.31. The lowest BCUT2D eigenvalue weighted by Crippen LogP contribution is -2.00. The predicted octanol–water partition coefficient (Wildman–Crippen LogP) is 4.37. The second-order valence-corrected chi connectivity index (χ2v) is 5.49. The van der Waals surface area contributed by atoms with Crippen LogP contribution >= 0.6 is 23.2 Å². The monoisotopic (exact) mass is 293 g/mol. The van der Waals surface area contributed by atoms with Crippen molar-refractivity contribution in [2.45, 2.75) is 18.8 Å². The van der Waals surface area contributed by atoms with Crippen LogP contribution in [0.2, 0.25) is 10.0 Å². The Morgan fingerprint density at radius 2 is 1.95 bits per heavy atom. The van der Waals surface area contributed by atoms with Gasteiger partial charge in [-0.1, -0.05) is 23.2 Å². The molecule has 1 saturated carbocycles. The molecule has 0 bridgehead atoms. The zero-order valence-corrected chi connectivity index (χ0v) is 12.0. The highest BCUT2D eigenvalue weighted by Gasteiger charge is 2.26. The molecule has 5 heteroatoms. The summed E-state index contributed by atoms with van der Waals surface area (Å²) in [7, 11) is 1.85. The summed E-state index contributed by atoms with van der Waals surface area (Å²) in [6.45, 7) is 0. The summed E-state index contributed by atoms with van der Waals surface area (Å²) in [5.74, 6) is 2.00. The topological polar surface area (TPSA) is 37.8 Å². The Bertz CT molecular complexity index is 624. The van der Waals surface area contributed by atoms with E-state index in [0.29, 0.717) is 21.8 Å². The summed E-state index contributed by atoms with van der Waals surface area (Å²) in [6, 6.07) is 7.33. The summed E-state index contributed by atoms with van der Waals surface area (Å²) in [6.07, 6.45) is 2.39. The molecular formula is C14H13Cl2N3. The number of hydrogen-bond donors (Lipinski definition) is 1. The van der Waals surface area contributed by atoms with Crippen LogP contribution in [-0.2, 0) is 0 Å². The van der Waals surface area contributed by atoms with E-state index in [9.17, 15) is 0 Å². The lowest BCUT2D eigenvalue weighted by molar-refractivity contribution is 0.995. The van der Waals surface area contributed by atoms with E-state index in [1.807, 2.05) is 13.1 Å². The number of benzene rings is 1. The maximum atomic E-state index is 6.21. The van der Waals surface area contributed by atoms with Gasteiger partial charge in [-0.25, -0.2) is 9.97 Å². The Kier molecular flexibility index (Phi) is 3.33. The number of aromatic nitrogens is 2. The largest absolute Gasteiger partial charge is 0.373 e. The van der Waals surface area contributed by atoms with Crippen molar-refractivity contribution < 1.29 is 0 Å². The van der Waals surface area contributed by atoms with Gasteiger partial charge in [0.05, 0.1) is 5.02 Å². The Morgan fingerprint density at radius 1 is 1.16 bits per heavy atom. The molecule has 1 heterocycles. The molecule has 1 aliphatic carbocycles. The quantitative estimate of drug-likeness (QED) is 0.913. The van der Waals surface area contributed by atoms with Crippen LogP contribution in [0.4, 0.5) is 5.82 Å². The fraction of sp³-hybridized carbons (Fsp3) is 0.286. The van der Waals surface area contributed by atoms with Crippen LogP contribution in [0.25, 0.3) is 11.4 Å². The molecule has 0 atom stereocenters. The van der Waals surface area contributed by atoms with Gasteiger partial charge < -0.3 is 5.32 Å². The average molecular weight is 294 g/mol. The Balaban J connectivity index is 2.12. The van der Waals surface area contributed by atoms with E-state index in [1.165, 1.54) is 12.8 Å². The molecule has 0 amide bonds. The molecule has 1 aliphatic rings. The van der Waals surface area contributed by atoms with Gasteiger partial charge >= 0.3 is 0 Å². The van der Waals surface area contributed by atoms with Crippen molar-refractivity contribution in [3.8, 4) is 11.4 Å². The van der Waals surface area contributed by atoms with Crippen LogP contribution in [0.1, 0.15) is 24.5 Å². The van der Waals surface area contributed by atoms with Crippen molar-refractivity contribution in [1.29, 1.82) is 0 Å². The number of halogens is 2. The van der Waals surface area contributed by atoms with Crippen LogP contribution in [0.3, 0.4) is 0 Å². The molecule has 0 aliphatic heterocycles. The third-order valence-electron chi connectivity index (χ3n) is 3.17. The van der Waals surface area contributed by atoms with Gasteiger partial charge in [0.15, 0.2) is 5.82 Å². The summed E-state index contributed by atoms with van der Waals surface area (Å²) in [4.78, 5) is 9.09. The highest BCUT2D eigenvalue weighted by Crippen LogP contribution is 2.40. The van der Waals surface area contributed by atoms with Crippen molar-refractivity contribution in [2.75, 3.05) is 12.4 Å². The Morgan fingerprint density at radius 3 is 2.63 bits per heavy atom. The number of anilines is 1. The molecule has 3 nitrogen and oxygen atoms in total. The molecule has 1 N–H and O–H groups in total. The fourth-order valence-corrected chi connectivity index (χ4v) is 2.35. The predicted molar refractivity (Wildman–Crippen MR) is 79.0 cm³/mol. The van der Waals surface area contributed by atoms with Crippen LogP contribution in [0.15, 0.2) is 24.3 Å². The molecule has 0 radical (unpaired) electrons. The van der Waals surface area contributed by atoms with E-state index in [0.717, 1.165) is 17.1 Å². The van der Waals surface area contributed by atoms with Crippen LogP contribution in [0.5, 0.6) is 0 Å². The first kappa shape index (κ1) is 12.7. The number of nitrogens with zero attached hydrogens (tertiary/aromatic N) is 2. The minimum atomic E-state index is 0.562. The third-order valence-corrected chi connectivity index (χ3v) is 3.73. The SMILES string of the molecule is CNc1cc(C2CC2)nc(-c2cc(Cl)ccc2Cl)n1. The maximum absolute atomic E-state index is 6.21. The number of nitrogens with one attached hydrogen (secondary N) is 1. The standard InChI is InChI=1S/C14H13Cl2N3/c1-17-13-7-12(8-2-3-8)18-14(19-13)10-6-9(15)4-5-11(10)16/h4-8H,2-3H2,1H3,(H,17,18,19). The van der Waals surface area contributed by atoms with E-state index in [4.69, 9.17) is 23.2 Å². The third kappa shape index (κ3) is 2.67. The Hall–Kier alpha value is -1.32. The van der Waals surface area contributed by atoms with Crippen molar-refractivity contribution in [2.24, 2.45) is 0 Å². The average Bonchev–Trinajstić information content (AvgIpc) is 3.25. The van der Waals surface area contributed by atoms with Crippen LogP contribution < -0.4 is 5.32 Å². The molecule has 2 aromatic rings. The lowest BCUT2D eigenvalue weighted by Gasteiger charge is -2.09. The maximum Gasteiger partial charge on any atom is 0.163 e. The smallest absolute Gasteiger partial charge is 0.163 e. The molecule has 0 unspecified atom stereocenters. The highest BCUT2D eigenvalue weighted by molar-refractivity contribution is 6.35. The zero-order valence-electron chi connectivity index (χ0n) is 10.5. The lowest BCUT2D eigenvalue weighted by atomic mass is 10.2. The summed E-state index contributed by atoms with van der Waals surface area (Å²) in [5.41, 5.74) is 1.85. The van der Waals surface area contributed by atoms with Gasteiger partial charge in [-0.2, -0.15) is 0 Å². The van der Waals surface area contributed by atoms with Crippen LogP contribution in [0, 0.1) is 0 Å². The van der Waals surface area contributed by atoms with Gasteiger partial charge in [-0.15, -0.1) is 0 Å². The Labute approximate surface area is 122 Å². The molecular weight excluding hydrogens is 281 g/mol. The van der Waals surface area contributed by atoms with Crippen LogP contribution in [-0.4, -0.2) is 17.0 Å². The van der Waals surface area contributed by atoms with Crippen molar-refractivity contribution in [3.63, 3.8) is 0 Å². The number of hydrogen-bond acceptors (Lipinski definition) is 3. The van der Waals surface area contributed by atoms with Crippen molar-refractivity contribution in [1.82, 2.24) is 9.97 Å². The minimum absolute atomic E-state index is 0.562. The molecule has 0 saturated heterocycles. The molecule has 19 heavy (non-hydrogen) atoms. The zero-order chi connectivity index (χ0) is 13.4. The van der Waals surface area contributed by atoms with Crippen molar-refractivity contribution >= 4 is 29.0 Å². The van der Waals surface area contributed by atoms with Crippen molar-refractivity contribution in [3.05, 3.63) is 40.0 Å². The van der Waals surface area contributed by atoms with Gasteiger partial charge in [0.2, 0.25) is 0 Å². The molecule has 1 aromatic heterocycles. The first-order valence-electron chi connectivity index (χ1n) is 6.19. The van der Waals surface area contributed by atoms with Gasteiger partial charge in [0.25, 0.3) is 0 Å². The van der Waals surface area contributed by atoms with Gasteiger partial charge in [0, 0.05) is 35.3 Å². The molecule has 98 valence electrons. The second kappa shape index (κ2) is 4.99. The van der Waals surface area contributed by atoms with Gasteiger partial charge in [0.1, 0.15) is 5.82 Å². The molecule has 1 aromatic carbocycles. The first-order valence-corrected chi connectivity index (χ1v) is 6.95. The van der Waals surface area contributed by atoms with E-state index >= 15 is 0 Å². The molecule has 3 rings (SSSR count).